The van der Waals surface area contributed by atoms with E-state index in [0.29, 0.717) is 0 Å². The lowest BCUT2D eigenvalue weighted by Crippen LogP contribution is -2.31. The minimum Gasteiger partial charge on any atom is -0.378 e. The van der Waals surface area contributed by atoms with Crippen LogP contribution in [0, 0.1) is 0 Å². The number of aryl methyl sites for hydroxylation is 1. The van der Waals surface area contributed by atoms with Crippen molar-refractivity contribution in [2.75, 3.05) is 30.5 Å². The summed E-state index contributed by atoms with van der Waals surface area (Å²) in [4.78, 5) is 2.13. The lowest BCUT2D eigenvalue weighted by Gasteiger charge is -2.21. The van der Waals surface area contributed by atoms with Crippen LogP contribution in [-0.4, -0.2) is 20.6 Å². The fourth-order valence-corrected chi connectivity index (χ4v) is 4.37. The maximum atomic E-state index is 3.56. The molecule has 0 saturated heterocycles. The molecular formula is C29H43N3. The normalized spacial score (nSPS) is 13.2. The largest absolute Gasteiger partial charge is 0.378 e. The summed E-state index contributed by atoms with van der Waals surface area (Å²) in [6.45, 7) is 3.18. The smallest absolute Gasteiger partial charge is 0.0598 e. The fraction of sp³-hybridized carbons (Fsp3) is 0.517. The predicted octanol–water partition coefficient (Wildman–Crippen LogP) is 7.58. The molecule has 1 N–H and O–H groups in total. The van der Waals surface area contributed by atoms with Gasteiger partial charge in [0, 0.05) is 19.8 Å². The number of nitrogens with zero attached hydrogens (tertiary/aromatic N) is 2. The molecule has 0 amide bonds. The predicted molar refractivity (Wildman–Crippen MR) is 141 cm³/mol. The van der Waals surface area contributed by atoms with Gasteiger partial charge in [-0.25, -0.2) is 0 Å². The molecule has 0 aliphatic carbocycles. The lowest BCUT2D eigenvalue weighted by molar-refractivity contribution is 0.556. The van der Waals surface area contributed by atoms with Crippen LogP contribution in [0.2, 0.25) is 0 Å². The second-order valence-electron chi connectivity index (χ2n) is 9.38. The second kappa shape index (κ2) is 13.2. The highest BCUT2D eigenvalue weighted by Gasteiger charge is 2.15. The summed E-state index contributed by atoms with van der Waals surface area (Å²) in [5.41, 5.74) is 9.89. The lowest BCUT2D eigenvalue weighted by atomic mass is 10.0. The van der Waals surface area contributed by atoms with E-state index in [-0.39, 0.29) is 0 Å². The molecule has 2 aromatic rings. The molecule has 0 saturated carbocycles. The van der Waals surface area contributed by atoms with Gasteiger partial charge in [-0.3, -0.25) is 10.4 Å². The summed E-state index contributed by atoms with van der Waals surface area (Å²) in [6, 6.07) is 17.8. The number of nitrogens with one attached hydrogen (secondary N) is 1. The van der Waals surface area contributed by atoms with E-state index in [1.807, 2.05) is 0 Å². The maximum absolute atomic E-state index is 3.56. The number of hydrazine groups is 1. The van der Waals surface area contributed by atoms with Crippen LogP contribution >= 0.6 is 0 Å². The van der Waals surface area contributed by atoms with Crippen molar-refractivity contribution in [1.29, 1.82) is 0 Å². The van der Waals surface area contributed by atoms with Crippen LogP contribution in [0.5, 0.6) is 0 Å². The average molecular weight is 434 g/mol. The maximum Gasteiger partial charge on any atom is 0.0598 e. The Morgan fingerprint density at radius 3 is 1.94 bits per heavy atom. The highest BCUT2D eigenvalue weighted by Crippen LogP contribution is 2.24. The first-order valence-corrected chi connectivity index (χ1v) is 12.8. The number of hydrogen-bond donors (Lipinski definition) is 1. The van der Waals surface area contributed by atoms with Crippen LogP contribution in [0.3, 0.4) is 0 Å². The minimum atomic E-state index is 0.891. The molecule has 0 radical (unpaired) electrons. The quantitative estimate of drug-likeness (QED) is 0.310. The molecule has 0 atom stereocenters. The van der Waals surface area contributed by atoms with Crippen molar-refractivity contribution in [2.45, 2.75) is 77.6 Å². The molecular weight excluding hydrogens is 390 g/mol. The molecule has 1 aliphatic rings. The van der Waals surface area contributed by atoms with Gasteiger partial charge in [-0.1, -0.05) is 89.0 Å². The molecule has 3 nitrogen and oxygen atoms in total. The monoisotopic (exact) mass is 433 g/mol. The molecule has 174 valence electrons. The zero-order valence-electron chi connectivity index (χ0n) is 20.6. The van der Waals surface area contributed by atoms with E-state index in [4.69, 9.17) is 0 Å². The number of benzene rings is 2. The van der Waals surface area contributed by atoms with Crippen LogP contribution < -0.4 is 15.3 Å². The van der Waals surface area contributed by atoms with Gasteiger partial charge in [-0.05, 0) is 54.3 Å². The number of rotatable bonds is 14. The van der Waals surface area contributed by atoms with Crippen LogP contribution in [0.4, 0.5) is 11.4 Å². The van der Waals surface area contributed by atoms with E-state index in [2.05, 4.69) is 91.0 Å². The van der Waals surface area contributed by atoms with Crippen molar-refractivity contribution in [3.63, 3.8) is 0 Å². The summed E-state index contributed by atoms with van der Waals surface area (Å²) in [5, 5.41) is 2.22. The van der Waals surface area contributed by atoms with Gasteiger partial charge in [0.1, 0.15) is 0 Å². The minimum absolute atomic E-state index is 0.891. The van der Waals surface area contributed by atoms with Crippen LogP contribution in [-0.2, 0) is 6.42 Å². The van der Waals surface area contributed by atoms with Crippen LogP contribution in [0.1, 0.15) is 82.3 Å². The van der Waals surface area contributed by atoms with Crippen LogP contribution in [0.25, 0.3) is 5.70 Å². The average Bonchev–Trinajstić information content (AvgIpc) is 3.31. The summed E-state index contributed by atoms with van der Waals surface area (Å²) >= 11 is 0. The molecule has 0 bridgehead atoms. The van der Waals surface area contributed by atoms with Gasteiger partial charge in [-0.2, -0.15) is 0 Å². The highest BCUT2D eigenvalue weighted by atomic mass is 15.5. The Bertz CT molecular complexity index is 805. The van der Waals surface area contributed by atoms with Crippen molar-refractivity contribution in [1.82, 2.24) is 5.43 Å². The number of anilines is 2. The van der Waals surface area contributed by atoms with E-state index < -0.39 is 0 Å². The molecule has 0 unspecified atom stereocenters. The molecule has 0 fully saturated rings. The Labute approximate surface area is 196 Å². The number of hydrogen-bond acceptors (Lipinski definition) is 3. The zero-order chi connectivity index (χ0) is 22.6. The van der Waals surface area contributed by atoms with Crippen molar-refractivity contribution in [3.05, 3.63) is 65.7 Å². The van der Waals surface area contributed by atoms with Gasteiger partial charge in [0.15, 0.2) is 0 Å². The molecule has 3 heteroatoms. The molecule has 2 aromatic carbocycles. The van der Waals surface area contributed by atoms with E-state index in [9.17, 15) is 0 Å². The Kier molecular flexibility index (Phi) is 9.99. The molecule has 0 spiro atoms. The molecule has 3 rings (SSSR count). The van der Waals surface area contributed by atoms with Gasteiger partial charge in [0.2, 0.25) is 0 Å². The third-order valence-electron chi connectivity index (χ3n) is 6.50. The van der Waals surface area contributed by atoms with Crippen molar-refractivity contribution in [3.8, 4) is 0 Å². The first kappa shape index (κ1) is 24.2. The molecule has 32 heavy (non-hydrogen) atoms. The van der Waals surface area contributed by atoms with E-state index in [1.54, 1.807) is 0 Å². The van der Waals surface area contributed by atoms with Gasteiger partial charge in [-0.15, -0.1) is 0 Å². The summed E-state index contributed by atoms with van der Waals surface area (Å²) in [6.07, 6.45) is 17.4. The Hall–Kier alpha value is -2.42. The standard InChI is InChI=1S/C29H43N3/c1-4-5-6-7-8-9-10-11-12-13-14-25-15-19-28(20-16-25)32-24-23-29(30-32)26-17-21-27(22-18-26)31(2)3/h15-23,30H,4-14,24H2,1-3H3. The van der Waals surface area contributed by atoms with Crippen LogP contribution in [0.15, 0.2) is 54.6 Å². The summed E-state index contributed by atoms with van der Waals surface area (Å²) < 4.78 is 0. The SMILES string of the molecule is CCCCCCCCCCCCc1ccc(N2CC=C(c3ccc(N(C)C)cc3)N2)cc1. The van der Waals surface area contributed by atoms with Crippen molar-refractivity contribution in [2.24, 2.45) is 0 Å². The number of unbranched alkanes of at least 4 members (excludes halogenated alkanes) is 9. The fourth-order valence-electron chi connectivity index (χ4n) is 4.37. The summed E-state index contributed by atoms with van der Waals surface area (Å²) in [7, 11) is 4.15. The first-order valence-electron chi connectivity index (χ1n) is 12.8. The van der Waals surface area contributed by atoms with Gasteiger partial charge < -0.3 is 4.90 Å². The molecule has 0 aromatic heterocycles. The van der Waals surface area contributed by atoms with E-state index in [1.165, 1.54) is 98.8 Å². The van der Waals surface area contributed by atoms with E-state index >= 15 is 0 Å². The second-order valence-corrected chi connectivity index (χ2v) is 9.38. The Morgan fingerprint density at radius 2 is 1.34 bits per heavy atom. The van der Waals surface area contributed by atoms with Gasteiger partial charge in [0.25, 0.3) is 0 Å². The van der Waals surface area contributed by atoms with Gasteiger partial charge in [0.05, 0.1) is 17.9 Å². The first-order chi connectivity index (χ1) is 15.7. The zero-order valence-corrected chi connectivity index (χ0v) is 20.6. The third-order valence-corrected chi connectivity index (χ3v) is 6.50. The topological polar surface area (TPSA) is 18.5 Å². The van der Waals surface area contributed by atoms with Crippen molar-refractivity contribution < 1.29 is 0 Å². The molecule has 1 heterocycles. The van der Waals surface area contributed by atoms with Gasteiger partial charge >= 0.3 is 0 Å². The Morgan fingerprint density at radius 1 is 0.750 bits per heavy atom. The van der Waals surface area contributed by atoms with Crippen molar-refractivity contribution >= 4 is 17.1 Å². The summed E-state index contributed by atoms with van der Waals surface area (Å²) in [5.74, 6) is 0. The third kappa shape index (κ3) is 7.62. The Balaban J connectivity index is 1.34. The van der Waals surface area contributed by atoms with E-state index in [0.717, 1.165) is 6.54 Å². The molecule has 1 aliphatic heterocycles. The highest BCUT2D eigenvalue weighted by molar-refractivity contribution is 5.71.